The Morgan fingerprint density at radius 2 is 0.891 bits per heavy atom. The molecule has 2 nitrogen and oxygen atoms in total. The molecular formula is C39H30F4N2Si. The zero-order valence-electron chi connectivity index (χ0n) is 25.8. The normalized spacial score (nSPS) is 14.4. The summed E-state index contributed by atoms with van der Waals surface area (Å²) in [6.45, 7) is 7.49. The van der Waals surface area contributed by atoms with Crippen LogP contribution in [0.4, 0.5) is 17.6 Å². The molecule has 0 radical (unpaired) electrons. The van der Waals surface area contributed by atoms with Crippen LogP contribution in [0.25, 0.3) is 44.8 Å². The van der Waals surface area contributed by atoms with E-state index in [1.807, 2.05) is 26.0 Å². The van der Waals surface area contributed by atoms with Gasteiger partial charge in [0.15, 0.2) is 0 Å². The van der Waals surface area contributed by atoms with E-state index in [1.165, 1.54) is 12.1 Å². The Labute approximate surface area is 266 Å². The van der Waals surface area contributed by atoms with Crippen LogP contribution in [0.1, 0.15) is 25.2 Å². The molecule has 1 aliphatic rings. The van der Waals surface area contributed by atoms with E-state index in [0.29, 0.717) is 33.9 Å². The van der Waals surface area contributed by atoms with Gasteiger partial charge in [0.2, 0.25) is 0 Å². The van der Waals surface area contributed by atoms with E-state index in [2.05, 4.69) is 0 Å². The third kappa shape index (κ3) is 4.60. The van der Waals surface area contributed by atoms with Crippen LogP contribution in [-0.2, 0) is 5.41 Å². The zero-order chi connectivity index (χ0) is 32.4. The highest BCUT2D eigenvalue weighted by molar-refractivity contribution is 7.00. The molecular weight excluding hydrogens is 601 g/mol. The summed E-state index contributed by atoms with van der Waals surface area (Å²) in [4.78, 5) is 9.79. The summed E-state index contributed by atoms with van der Waals surface area (Å²) in [6, 6.07) is 30.6. The number of hydrogen-bond acceptors (Lipinski definition) is 2. The molecule has 7 heteroatoms. The van der Waals surface area contributed by atoms with Crippen molar-refractivity contribution < 1.29 is 17.6 Å². The van der Waals surface area contributed by atoms with Crippen LogP contribution in [0.15, 0.2) is 109 Å². The Kier molecular flexibility index (Phi) is 7.05. The maximum absolute atomic E-state index is 16.9. The summed E-state index contributed by atoms with van der Waals surface area (Å²) in [6.07, 6.45) is 0. The highest BCUT2D eigenvalue weighted by atomic mass is 28.3. The predicted molar refractivity (Wildman–Crippen MR) is 179 cm³/mol. The number of halogens is 4. The van der Waals surface area contributed by atoms with E-state index in [1.54, 1.807) is 98.0 Å². The van der Waals surface area contributed by atoms with Gasteiger partial charge in [-0.2, -0.15) is 0 Å². The third-order valence-electron chi connectivity index (χ3n) is 9.20. The van der Waals surface area contributed by atoms with Crippen molar-refractivity contribution in [3.63, 3.8) is 0 Å². The van der Waals surface area contributed by atoms with Gasteiger partial charge in [-0.1, -0.05) is 85.9 Å². The lowest BCUT2D eigenvalue weighted by atomic mass is 9.84. The molecule has 0 fully saturated rings. The number of nitrogens with zero attached hydrogens (tertiary/aromatic N) is 2. The van der Waals surface area contributed by atoms with Gasteiger partial charge >= 0.3 is 0 Å². The minimum absolute atomic E-state index is 0.110. The molecule has 0 amide bonds. The molecule has 0 unspecified atom stereocenters. The number of fused-ring (bicyclic) bond motifs is 10. The molecule has 7 rings (SSSR count). The average molecular weight is 631 g/mol. The first kappa shape index (κ1) is 29.8. The maximum Gasteiger partial charge on any atom is 0.143 e. The molecule has 1 aliphatic heterocycles. The molecule has 0 aliphatic carbocycles. The Morgan fingerprint density at radius 1 is 0.500 bits per heavy atom. The number of rotatable bonds is 2. The first-order valence-corrected chi connectivity index (χ1v) is 18.1. The van der Waals surface area contributed by atoms with Crippen LogP contribution < -0.4 is 10.4 Å². The SMILES string of the molecule is CC1(C)c2cccc(n2)-c2cc(c(F)c(-c3ccccc3)c2F)[Si](C)(C)c2cc(c(F)c(-c3ccccc3)c2F)-c2cccc1n2. The molecule has 0 spiro atoms. The second-order valence-electron chi connectivity index (χ2n) is 12.7. The molecule has 0 atom stereocenters. The van der Waals surface area contributed by atoms with E-state index in [-0.39, 0.29) is 32.6 Å². The third-order valence-corrected chi connectivity index (χ3v) is 12.6. The van der Waals surface area contributed by atoms with Crippen molar-refractivity contribution in [2.24, 2.45) is 0 Å². The predicted octanol–water partition coefficient (Wildman–Crippen LogP) is 9.16. The molecule has 6 aromatic rings. The molecule has 4 aromatic carbocycles. The van der Waals surface area contributed by atoms with Crippen LogP contribution in [-0.4, -0.2) is 18.0 Å². The van der Waals surface area contributed by atoms with E-state index in [9.17, 15) is 0 Å². The van der Waals surface area contributed by atoms with Crippen LogP contribution in [0.2, 0.25) is 13.1 Å². The van der Waals surface area contributed by atoms with Crippen molar-refractivity contribution in [2.75, 3.05) is 0 Å². The second-order valence-corrected chi connectivity index (χ2v) is 17.1. The van der Waals surface area contributed by atoms with Crippen LogP contribution in [0.3, 0.4) is 0 Å². The fourth-order valence-electron chi connectivity index (χ4n) is 6.41. The molecule has 3 heterocycles. The van der Waals surface area contributed by atoms with Crippen LogP contribution in [0, 0.1) is 23.3 Å². The maximum atomic E-state index is 16.9. The van der Waals surface area contributed by atoms with Gasteiger partial charge in [-0.15, -0.1) is 0 Å². The molecule has 2 aromatic heterocycles. The standard InChI is InChI=1S/C39H30F4N2Si/c1-39(2)31-19-11-17-27(44-31)25-21-29(37(42)33(35(25)40)23-13-7-5-8-14-23)46(3,4)30-22-26(28-18-12-20-32(39)45-28)36(41)34(38(30)43)24-15-9-6-10-16-24/h5-22H,1-4H3. The van der Waals surface area contributed by atoms with Gasteiger partial charge in [-0.05, 0) is 71.7 Å². The fraction of sp³-hybridized carbons (Fsp3) is 0.128. The van der Waals surface area contributed by atoms with Gasteiger partial charge < -0.3 is 0 Å². The Morgan fingerprint density at radius 3 is 1.28 bits per heavy atom. The smallest absolute Gasteiger partial charge is 0.143 e. The van der Waals surface area contributed by atoms with E-state index >= 15 is 17.6 Å². The average Bonchev–Trinajstić information content (AvgIpc) is 3.05. The van der Waals surface area contributed by atoms with Gasteiger partial charge in [0.05, 0.1) is 33.9 Å². The quantitative estimate of drug-likeness (QED) is 0.141. The molecule has 0 saturated carbocycles. The summed E-state index contributed by atoms with van der Waals surface area (Å²) in [7, 11) is -3.41. The van der Waals surface area contributed by atoms with Crippen LogP contribution >= 0.6 is 0 Å². The van der Waals surface area contributed by atoms with Crippen molar-refractivity contribution in [2.45, 2.75) is 32.4 Å². The van der Waals surface area contributed by atoms with Crippen molar-refractivity contribution in [3.8, 4) is 44.8 Å². The van der Waals surface area contributed by atoms with Crippen molar-refractivity contribution in [1.29, 1.82) is 0 Å². The first-order valence-electron chi connectivity index (χ1n) is 15.1. The van der Waals surface area contributed by atoms with Gasteiger partial charge in [0.25, 0.3) is 0 Å². The summed E-state index contributed by atoms with van der Waals surface area (Å²) < 4.78 is 67.2. The van der Waals surface area contributed by atoms with Crippen LogP contribution in [0.5, 0.6) is 0 Å². The summed E-state index contributed by atoms with van der Waals surface area (Å²) >= 11 is 0. The minimum atomic E-state index is -3.41. The molecule has 46 heavy (non-hydrogen) atoms. The van der Waals surface area contributed by atoms with Crippen molar-refractivity contribution >= 4 is 18.4 Å². The summed E-state index contributed by atoms with van der Waals surface area (Å²) in [5.74, 6) is -3.03. The van der Waals surface area contributed by atoms with Crippen molar-refractivity contribution in [3.05, 3.63) is 144 Å². The monoisotopic (exact) mass is 630 g/mol. The van der Waals surface area contributed by atoms with E-state index in [0.717, 1.165) is 0 Å². The van der Waals surface area contributed by atoms with Gasteiger partial charge in [-0.25, -0.2) is 17.6 Å². The molecule has 0 N–H and O–H groups in total. The highest BCUT2D eigenvalue weighted by Gasteiger charge is 2.38. The molecule has 0 saturated heterocycles. The topological polar surface area (TPSA) is 25.8 Å². The largest absolute Gasteiger partial charge is 0.252 e. The van der Waals surface area contributed by atoms with E-state index < -0.39 is 36.8 Å². The number of hydrogen-bond donors (Lipinski definition) is 0. The van der Waals surface area contributed by atoms with E-state index in [4.69, 9.17) is 9.97 Å². The zero-order valence-corrected chi connectivity index (χ0v) is 26.8. The molecule has 228 valence electrons. The van der Waals surface area contributed by atoms with Gasteiger partial charge in [-0.3, -0.25) is 9.97 Å². The first-order chi connectivity index (χ1) is 22.0. The van der Waals surface area contributed by atoms with Gasteiger partial charge in [0, 0.05) is 16.5 Å². The number of pyridine rings is 2. The lowest BCUT2D eigenvalue weighted by Crippen LogP contribution is -2.56. The Bertz CT molecular complexity index is 1990. The highest BCUT2D eigenvalue weighted by Crippen LogP contribution is 2.38. The van der Waals surface area contributed by atoms with Crippen molar-refractivity contribution in [1.82, 2.24) is 9.97 Å². The van der Waals surface area contributed by atoms with Gasteiger partial charge in [0.1, 0.15) is 31.3 Å². The number of benzene rings is 4. The number of aromatic nitrogens is 2. The Hall–Kier alpha value is -4.88. The lowest BCUT2D eigenvalue weighted by Gasteiger charge is -2.30. The second kappa shape index (κ2) is 10.9. The fourth-order valence-corrected chi connectivity index (χ4v) is 9.06. The Balaban J connectivity index is 1.67. The lowest BCUT2D eigenvalue weighted by molar-refractivity contribution is 0.588. The minimum Gasteiger partial charge on any atom is -0.252 e. The summed E-state index contributed by atoms with van der Waals surface area (Å²) in [5, 5.41) is 0.368. The molecule has 8 bridgehead atoms. The summed E-state index contributed by atoms with van der Waals surface area (Å²) in [5.41, 5.74) is 1.61.